The molecule has 0 unspecified atom stereocenters. The van der Waals surface area contributed by atoms with Crippen molar-refractivity contribution in [2.75, 3.05) is 0 Å². The van der Waals surface area contributed by atoms with E-state index in [-0.39, 0.29) is 4.61 Å². The Morgan fingerprint density at radius 1 is 1.56 bits per heavy atom. The van der Waals surface area contributed by atoms with Crippen LogP contribution in [0.5, 0.6) is 0 Å². The zero-order chi connectivity index (χ0) is 7.07. The summed E-state index contributed by atoms with van der Waals surface area (Å²) in [5, 5.41) is 1.91. The Labute approximate surface area is 60.0 Å². The highest BCUT2D eigenvalue weighted by Gasteiger charge is 2.26. The Bertz CT molecular complexity index is 277. The lowest BCUT2D eigenvalue weighted by molar-refractivity contribution is 0.262. The molecule has 0 radical (unpaired) electrons. The Kier molecular flexibility index (Phi) is 1.36. The first kappa shape index (κ1) is 6.76. The minimum Gasteiger partial charge on any atom is -0.306 e. The summed E-state index contributed by atoms with van der Waals surface area (Å²) in [5.74, 6) is 0. The maximum absolute atomic E-state index is 10.5. The summed E-state index contributed by atoms with van der Waals surface area (Å²) in [4.78, 5) is 10.3. The van der Waals surface area contributed by atoms with Crippen LogP contribution >= 0.6 is 15.9 Å². The summed E-state index contributed by atoms with van der Waals surface area (Å²) < 4.78 is 21.1. The Balaban J connectivity index is 3.19. The molecule has 1 rings (SSSR count). The van der Waals surface area contributed by atoms with Gasteiger partial charge >= 0.3 is 5.24 Å². The van der Waals surface area contributed by atoms with E-state index in [2.05, 4.69) is 21.2 Å². The molecule has 0 atom stereocenters. The fourth-order valence-electron chi connectivity index (χ4n) is 0.388. The van der Waals surface area contributed by atoms with Crippen molar-refractivity contribution in [2.24, 2.45) is 0 Å². The summed E-state index contributed by atoms with van der Waals surface area (Å²) in [6.45, 7) is 0. The molecule has 0 aliphatic carbocycles. The smallest absolute Gasteiger partial charge is 0.306 e. The van der Waals surface area contributed by atoms with Crippen LogP contribution in [-0.4, -0.2) is 13.7 Å². The van der Waals surface area contributed by atoms with Crippen molar-refractivity contribution in [1.82, 2.24) is 5.32 Å². The molecular formula is C3H2BrNO3S. The number of nitrogens with one attached hydrogen (secondary N) is 1. The summed E-state index contributed by atoms with van der Waals surface area (Å²) in [5.41, 5.74) is 0. The highest BCUT2D eigenvalue weighted by Crippen LogP contribution is 2.12. The van der Waals surface area contributed by atoms with E-state index in [0.717, 1.165) is 5.41 Å². The van der Waals surface area contributed by atoms with E-state index in [4.69, 9.17) is 0 Å². The molecule has 0 spiro atoms. The molecule has 1 aliphatic rings. The van der Waals surface area contributed by atoms with Gasteiger partial charge in [-0.05, 0) is 15.9 Å². The van der Waals surface area contributed by atoms with Gasteiger partial charge in [0.2, 0.25) is 0 Å². The molecule has 0 aromatic rings. The van der Waals surface area contributed by atoms with Crippen LogP contribution in [0.3, 0.4) is 0 Å². The predicted octanol–water partition coefficient (Wildman–Crippen LogP) is 0.318. The minimum absolute atomic E-state index is 0.188. The van der Waals surface area contributed by atoms with Gasteiger partial charge in [-0.2, -0.15) is 0 Å². The summed E-state index contributed by atoms with van der Waals surface area (Å²) >= 11 is 2.80. The van der Waals surface area contributed by atoms with Crippen molar-refractivity contribution < 1.29 is 13.2 Å². The molecule has 50 valence electrons. The van der Waals surface area contributed by atoms with Crippen LogP contribution in [0.25, 0.3) is 0 Å². The number of carbonyl (C=O) groups is 1. The average Bonchev–Trinajstić information content (AvgIpc) is 1.79. The zero-order valence-corrected chi connectivity index (χ0v) is 6.49. The monoisotopic (exact) mass is 211 g/mol. The first-order valence-electron chi connectivity index (χ1n) is 1.95. The quantitative estimate of drug-likeness (QED) is 0.588. The van der Waals surface area contributed by atoms with E-state index >= 15 is 0 Å². The molecule has 1 aliphatic heterocycles. The molecule has 1 heterocycles. The molecule has 0 bridgehead atoms. The summed E-state index contributed by atoms with van der Waals surface area (Å²) in [7, 11) is -3.63. The molecule has 1 amide bonds. The van der Waals surface area contributed by atoms with Crippen molar-refractivity contribution >= 4 is 31.0 Å². The topological polar surface area (TPSA) is 63.2 Å². The van der Waals surface area contributed by atoms with Gasteiger partial charge < -0.3 is 5.32 Å². The van der Waals surface area contributed by atoms with Crippen LogP contribution in [0.2, 0.25) is 0 Å². The lowest BCUT2D eigenvalue weighted by Gasteiger charge is -1.85. The highest BCUT2D eigenvalue weighted by molar-refractivity contribution is 9.11. The molecule has 9 heavy (non-hydrogen) atoms. The van der Waals surface area contributed by atoms with Gasteiger partial charge in [0.1, 0.15) is 0 Å². The van der Waals surface area contributed by atoms with Gasteiger partial charge in [-0.25, -0.2) is 8.42 Å². The lowest BCUT2D eigenvalue weighted by atomic mass is 11.0. The maximum atomic E-state index is 10.5. The fraction of sp³-hybridized carbons (Fsp3) is 0. The summed E-state index contributed by atoms with van der Waals surface area (Å²) in [6, 6.07) is 0. The Hall–Kier alpha value is -0.360. The second-order valence-electron chi connectivity index (χ2n) is 1.42. The molecule has 0 aromatic heterocycles. The average molecular weight is 212 g/mol. The number of sulfone groups is 1. The van der Waals surface area contributed by atoms with Crippen molar-refractivity contribution in [3.8, 4) is 0 Å². The third-order valence-electron chi connectivity index (χ3n) is 0.739. The predicted molar refractivity (Wildman–Crippen MR) is 34.5 cm³/mol. The molecule has 1 N–H and O–H groups in total. The van der Waals surface area contributed by atoms with E-state index in [0.29, 0.717) is 0 Å². The zero-order valence-electron chi connectivity index (χ0n) is 4.09. The van der Waals surface area contributed by atoms with Crippen molar-refractivity contribution in [3.63, 3.8) is 0 Å². The van der Waals surface area contributed by atoms with E-state index in [1.165, 1.54) is 0 Å². The standard InChI is InChI=1S/C3H2BrNO3S/c4-2-1-9(7,8)3(6)5-2/h1H,(H,5,6). The van der Waals surface area contributed by atoms with E-state index < -0.39 is 15.1 Å². The number of amides is 1. The van der Waals surface area contributed by atoms with E-state index in [1.54, 1.807) is 0 Å². The van der Waals surface area contributed by atoms with Gasteiger partial charge in [0.05, 0.1) is 10.0 Å². The van der Waals surface area contributed by atoms with Crippen LogP contribution in [-0.2, 0) is 9.84 Å². The number of carbonyl (C=O) groups excluding carboxylic acids is 1. The third-order valence-corrected chi connectivity index (χ3v) is 2.63. The van der Waals surface area contributed by atoms with Crippen molar-refractivity contribution in [2.45, 2.75) is 0 Å². The van der Waals surface area contributed by atoms with Gasteiger partial charge in [0.25, 0.3) is 9.84 Å². The molecule has 6 heteroatoms. The SMILES string of the molecule is O=C1NC(Br)=CS1(=O)=O. The number of hydrogen-bond donors (Lipinski definition) is 1. The normalized spacial score (nSPS) is 23.2. The van der Waals surface area contributed by atoms with Gasteiger partial charge in [-0.15, -0.1) is 0 Å². The lowest BCUT2D eigenvalue weighted by Crippen LogP contribution is -2.17. The second-order valence-corrected chi connectivity index (χ2v) is 3.97. The minimum atomic E-state index is -3.63. The van der Waals surface area contributed by atoms with E-state index in [1.807, 2.05) is 0 Å². The molecular weight excluding hydrogens is 210 g/mol. The van der Waals surface area contributed by atoms with Gasteiger partial charge in [-0.3, -0.25) is 4.79 Å². The van der Waals surface area contributed by atoms with Crippen molar-refractivity contribution in [1.29, 1.82) is 0 Å². The van der Waals surface area contributed by atoms with Crippen LogP contribution in [0.15, 0.2) is 10.0 Å². The number of halogens is 1. The fourth-order valence-corrected chi connectivity index (χ4v) is 2.13. The second kappa shape index (κ2) is 1.81. The first-order valence-corrected chi connectivity index (χ1v) is 4.29. The molecule has 4 nitrogen and oxygen atoms in total. The van der Waals surface area contributed by atoms with Gasteiger partial charge in [-0.1, -0.05) is 0 Å². The molecule has 0 fully saturated rings. The largest absolute Gasteiger partial charge is 0.345 e. The highest BCUT2D eigenvalue weighted by atomic mass is 79.9. The molecule has 0 saturated heterocycles. The number of rotatable bonds is 0. The Morgan fingerprint density at radius 3 is 2.22 bits per heavy atom. The third kappa shape index (κ3) is 1.13. The van der Waals surface area contributed by atoms with Crippen LogP contribution in [0, 0.1) is 0 Å². The molecule has 0 aromatic carbocycles. The first-order chi connectivity index (χ1) is 4.02. The molecule has 0 saturated carbocycles. The number of hydrogen-bond acceptors (Lipinski definition) is 3. The van der Waals surface area contributed by atoms with Gasteiger partial charge in [0.15, 0.2) is 0 Å². The summed E-state index contributed by atoms with van der Waals surface area (Å²) in [6.07, 6.45) is 0. The van der Waals surface area contributed by atoms with Crippen LogP contribution in [0.1, 0.15) is 0 Å². The van der Waals surface area contributed by atoms with Crippen molar-refractivity contribution in [3.05, 3.63) is 10.0 Å². The maximum Gasteiger partial charge on any atom is 0.345 e. The van der Waals surface area contributed by atoms with Crippen LogP contribution in [0.4, 0.5) is 4.79 Å². The Morgan fingerprint density at radius 2 is 2.11 bits per heavy atom. The van der Waals surface area contributed by atoms with E-state index in [9.17, 15) is 13.2 Å². The van der Waals surface area contributed by atoms with Gasteiger partial charge in [0, 0.05) is 0 Å². The van der Waals surface area contributed by atoms with Crippen LogP contribution < -0.4 is 5.32 Å².